The molecule has 0 saturated heterocycles. The third-order valence-corrected chi connectivity index (χ3v) is 2.87. The topological polar surface area (TPSA) is 64.1 Å². The Balaban J connectivity index is 1.93. The lowest BCUT2D eigenvalue weighted by Gasteiger charge is -2.08. The third kappa shape index (κ3) is 3.78. The van der Waals surface area contributed by atoms with Gasteiger partial charge in [-0.15, -0.1) is 0 Å². The van der Waals surface area contributed by atoms with Crippen LogP contribution in [0.15, 0.2) is 36.7 Å². The van der Waals surface area contributed by atoms with Gasteiger partial charge in [0, 0.05) is 11.3 Å². The van der Waals surface area contributed by atoms with E-state index in [1.54, 1.807) is 7.11 Å². The molecule has 0 aliphatic rings. The highest BCUT2D eigenvalue weighted by Gasteiger charge is 2.08. The second-order valence-corrected chi connectivity index (χ2v) is 4.42. The van der Waals surface area contributed by atoms with E-state index < -0.39 is 0 Å². The molecule has 1 aromatic heterocycles. The highest BCUT2D eigenvalue weighted by molar-refractivity contribution is 5.79. The van der Waals surface area contributed by atoms with Crippen molar-refractivity contribution in [3.63, 3.8) is 0 Å². The molecule has 1 amide bonds. The second kappa shape index (κ2) is 6.65. The summed E-state index contributed by atoms with van der Waals surface area (Å²) in [4.78, 5) is 20.0. The van der Waals surface area contributed by atoms with E-state index in [1.165, 1.54) is 6.33 Å². The van der Waals surface area contributed by atoms with Gasteiger partial charge in [-0.1, -0.05) is 18.2 Å². The molecule has 0 saturated carbocycles. The van der Waals surface area contributed by atoms with Gasteiger partial charge in [-0.05, 0) is 19.1 Å². The Bertz CT molecular complexity index is 599. The first kappa shape index (κ1) is 14.0. The summed E-state index contributed by atoms with van der Waals surface area (Å²) < 4.78 is 5.22. The summed E-state index contributed by atoms with van der Waals surface area (Å²) >= 11 is 0. The zero-order chi connectivity index (χ0) is 14.4. The minimum atomic E-state index is -0.0641. The van der Waals surface area contributed by atoms with Crippen molar-refractivity contribution in [3.05, 3.63) is 53.6 Å². The summed E-state index contributed by atoms with van der Waals surface area (Å²) in [6.07, 6.45) is 1.78. The number of carbonyl (C=O) groups is 1. The zero-order valence-corrected chi connectivity index (χ0v) is 11.6. The first-order valence-electron chi connectivity index (χ1n) is 6.35. The molecule has 0 radical (unpaired) electrons. The average Bonchev–Trinajstić information content (AvgIpc) is 2.46. The van der Waals surface area contributed by atoms with E-state index in [1.807, 2.05) is 37.3 Å². The fraction of sp³-hybridized carbons (Fsp3) is 0.267. The first-order chi connectivity index (χ1) is 9.69. The fourth-order valence-corrected chi connectivity index (χ4v) is 1.88. The number of para-hydroxylation sites is 1. The Labute approximate surface area is 118 Å². The minimum absolute atomic E-state index is 0.0641. The summed E-state index contributed by atoms with van der Waals surface area (Å²) in [7, 11) is 1.60. The second-order valence-electron chi connectivity index (χ2n) is 4.42. The molecule has 5 heteroatoms. The molecule has 0 atom stereocenters. The van der Waals surface area contributed by atoms with Crippen LogP contribution in [0.4, 0.5) is 0 Å². The summed E-state index contributed by atoms with van der Waals surface area (Å²) in [6.45, 7) is 2.29. The quantitative estimate of drug-likeness (QED) is 0.898. The first-order valence-corrected chi connectivity index (χ1v) is 6.35. The van der Waals surface area contributed by atoms with E-state index in [0.29, 0.717) is 6.54 Å². The standard InChI is InChI=1S/C15H17N3O2/c1-11-7-13(18-10-17-11)9-16-15(19)8-12-5-3-4-6-14(12)20-2/h3-7,10H,8-9H2,1-2H3,(H,16,19). The maximum atomic E-state index is 11.9. The molecule has 1 heterocycles. The molecule has 0 aliphatic heterocycles. The Hall–Kier alpha value is -2.43. The van der Waals surface area contributed by atoms with Crippen molar-refractivity contribution in [1.82, 2.24) is 15.3 Å². The Morgan fingerprint density at radius 2 is 2.10 bits per heavy atom. The van der Waals surface area contributed by atoms with Crippen LogP contribution in [0.1, 0.15) is 17.0 Å². The van der Waals surface area contributed by atoms with Gasteiger partial charge in [0.05, 0.1) is 25.8 Å². The van der Waals surface area contributed by atoms with E-state index in [0.717, 1.165) is 22.7 Å². The van der Waals surface area contributed by atoms with Crippen molar-refractivity contribution in [2.45, 2.75) is 19.9 Å². The molecular formula is C15H17N3O2. The smallest absolute Gasteiger partial charge is 0.224 e. The summed E-state index contributed by atoms with van der Waals surface area (Å²) in [5, 5.41) is 2.84. The number of amides is 1. The highest BCUT2D eigenvalue weighted by atomic mass is 16.5. The van der Waals surface area contributed by atoms with E-state index in [9.17, 15) is 4.79 Å². The van der Waals surface area contributed by atoms with Crippen LogP contribution >= 0.6 is 0 Å². The van der Waals surface area contributed by atoms with Crippen LogP contribution in [-0.4, -0.2) is 23.0 Å². The average molecular weight is 271 g/mol. The van der Waals surface area contributed by atoms with Gasteiger partial charge in [-0.3, -0.25) is 4.79 Å². The van der Waals surface area contributed by atoms with Crippen molar-refractivity contribution in [2.75, 3.05) is 7.11 Å². The minimum Gasteiger partial charge on any atom is -0.496 e. The largest absolute Gasteiger partial charge is 0.496 e. The SMILES string of the molecule is COc1ccccc1CC(=O)NCc1cc(C)ncn1. The van der Waals surface area contributed by atoms with E-state index in [2.05, 4.69) is 15.3 Å². The Morgan fingerprint density at radius 3 is 2.85 bits per heavy atom. The molecule has 0 aliphatic carbocycles. The zero-order valence-electron chi connectivity index (χ0n) is 11.6. The van der Waals surface area contributed by atoms with Gasteiger partial charge in [-0.25, -0.2) is 9.97 Å². The highest BCUT2D eigenvalue weighted by Crippen LogP contribution is 2.17. The van der Waals surface area contributed by atoms with Gasteiger partial charge in [0.15, 0.2) is 0 Å². The molecular weight excluding hydrogens is 254 g/mol. The van der Waals surface area contributed by atoms with Crippen LogP contribution in [0.2, 0.25) is 0 Å². The number of ether oxygens (including phenoxy) is 1. The van der Waals surface area contributed by atoms with Crippen molar-refractivity contribution in [1.29, 1.82) is 0 Å². The predicted octanol–water partition coefficient (Wildman–Crippen LogP) is 1.65. The summed E-state index contributed by atoms with van der Waals surface area (Å²) in [5.74, 6) is 0.659. The summed E-state index contributed by atoms with van der Waals surface area (Å²) in [5.41, 5.74) is 2.55. The summed E-state index contributed by atoms with van der Waals surface area (Å²) in [6, 6.07) is 9.34. The number of methoxy groups -OCH3 is 1. The lowest BCUT2D eigenvalue weighted by atomic mass is 10.1. The number of nitrogens with zero attached hydrogens (tertiary/aromatic N) is 2. The number of hydrogen-bond donors (Lipinski definition) is 1. The normalized spacial score (nSPS) is 10.1. The molecule has 20 heavy (non-hydrogen) atoms. The monoisotopic (exact) mass is 271 g/mol. The third-order valence-electron chi connectivity index (χ3n) is 2.87. The van der Waals surface area contributed by atoms with Crippen LogP contribution in [0, 0.1) is 6.92 Å². The molecule has 0 bridgehead atoms. The number of aryl methyl sites for hydroxylation is 1. The van der Waals surface area contributed by atoms with Gasteiger partial charge in [-0.2, -0.15) is 0 Å². The lowest BCUT2D eigenvalue weighted by Crippen LogP contribution is -2.25. The number of aromatic nitrogens is 2. The van der Waals surface area contributed by atoms with Crippen molar-refractivity contribution in [2.24, 2.45) is 0 Å². The molecule has 1 N–H and O–H groups in total. The van der Waals surface area contributed by atoms with Crippen molar-refractivity contribution < 1.29 is 9.53 Å². The Kier molecular flexibility index (Phi) is 4.65. The van der Waals surface area contributed by atoms with Gasteiger partial charge < -0.3 is 10.1 Å². The maximum absolute atomic E-state index is 11.9. The molecule has 0 unspecified atom stereocenters. The van der Waals surface area contributed by atoms with Gasteiger partial charge in [0.2, 0.25) is 5.91 Å². The van der Waals surface area contributed by atoms with Crippen LogP contribution < -0.4 is 10.1 Å². The molecule has 0 spiro atoms. The van der Waals surface area contributed by atoms with Crippen molar-refractivity contribution in [3.8, 4) is 5.75 Å². The molecule has 2 rings (SSSR count). The molecule has 0 fully saturated rings. The number of hydrogen-bond acceptors (Lipinski definition) is 4. The lowest BCUT2D eigenvalue weighted by molar-refractivity contribution is -0.120. The van der Waals surface area contributed by atoms with Crippen molar-refractivity contribution >= 4 is 5.91 Å². The maximum Gasteiger partial charge on any atom is 0.224 e. The van der Waals surface area contributed by atoms with Gasteiger partial charge in [0.1, 0.15) is 12.1 Å². The van der Waals surface area contributed by atoms with E-state index in [-0.39, 0.29) is 12.3 Å². The number of carbonyl (C=O) groups excluding carboxylic acids is 1. The molecule has 5 nitrogen and oxygen atoms in total. The van der Waals surface area contributed by atoms with Crippen LogP contribution in [0.5, 0.6) is 5.75 Å². The van der Waals surface area contributed by atoms with Crippen LogP contribution in [0.25, 0.3) is 0 Å². The number of nitrogens with one attached hydrogen (secondary N) is 1. The Morgan fingerprint density at radius 1 is 1.30 bits per heavy atom. The number of benzene rings is 1. The molecule has 104 valence electrons. The van der Waals surface area contributed by atoms with Gasteiger partial charge >= 0.3 is 0 Å². The number of rotatable bonds is 5. The predicted molar refractivity (Wildman–Crippen MR) is 75.3 cm³/mol. The van der Waals surface area contributed by atoms with E-state index >= 15 is 0 Å². The fourth-order valence-electron chi connectivity index (χ4n) is 1.88. The van der Waals surface area contributed by atoms with Crippen LogP contribution in [-0.2, 0) is 17.8 Å². The van der Waals surface area contributed by atoms with Gasteiger partial charge in [0.25, 0.3) is 0 Å². The molecule has 2 aromatic rings. The van der Waals surface area contributed by atoms with Crippen LogP contribution in [0.3, 0.4) is 0 Å². The molecule has 1 aromatic carbocycles. The van der Waals surface area contributed by atoms with E-state index in [4.69, 9.17) is 4.74 Å².